The number of nitrogens with one attached hydrogen (secondary N) is 1. The Kier molecular flexibility index (Phi) is 9.03. The van der Waals surface area contributed by atoms with E-state index in [2.05, 4.69) is 5.32 Å². The molecule has 46 heavy (non-hydrogen) atoms. The lowest BCUT2D eigenvalue weighted by atomic mass is 9.87. The van der Waals surface area contributed by atoms with Crippen molar-refractivity contribution in [2.75, 3.05) is 20.6 Å². The number of benzene rings is 3. The average Bonchev–Trinajstić information content (AvgIpc) is 3.41. The Hall–Kier alpha value is -4.58. The lowest BCUT2D eigenvalue weighted by molar-refractivity contribution is -0.139. The number of carbonyl (C=O) groups is 2. The number of halogens is 5. The van der Waals surface area contributed by atoms with E-state index in [1.54, 1.807) is 24.3 Å². The SMILES string of the molecule is CN(C)CCc1ccc2c(c1)c(C(F)(F)F)c(C1CCc3c(C[C@H](NC(=O)c4c(F)cccc4F)C(=O)O)cccc31)c(=O)n2C. The Bertz CT molecular complexity index is 1880. The molecular formula is C34H32F5N3O4. The molecule has 5 rings (SSSR count). The number of aromatic nitrogens is 1. The first-order chi connectivity index (χ1) is 21.7. The number of fused-ring (bicyclic) bond motifs is 2. The predicted molar refractivity (Wildman–Crippen MR) is 162 cm³/mol. The highest BCUT2D eigenvalue weighted by Crippen LogP contribution is 2.45. The summed E-state index contributed by atoms with van der Waals surface area (Å²) in [6, 6.07) is 10.7. The molecule has 0 fully saturated rings. The first kappa shape index (κ1) is 32.8. The fourth-order valence-corrected chi connectivity index (χ4v) is 6.34. The first-order valence-electron chi connectivity index (χ1n) is 14.6. The third-order valence-electron chi connectivity index (χ3n) is 8.56. The van der Waals surface area contributed by atoms with Crippen molar-refractivity contribution in [2.24, 2.45) is 7.05 Å². The normalized spacial score (nSPS) is 15.3. The zero-order valence-electron chi connectivity index (χ0n) is 25.3. The minimum Gasteiger partial charge on any atom is -0.480 e. The van der Waals surface area contributed by atoms with E-state index in [4.69, 9.17) is 0 Å². The van der Waals surface area contributed by atoms with Gasteiger partial charge in [-0.15, -0.1) is 0 Å². The molecular weight excluding hydrogens is 609 g/mol. The summed E-state index contributed by atoms with van der Waals surface area (Å²) in [6.07, 6.45) is -4.22. The van der Waals surface area contributed by atoms with E-state index < -0.39 is 58.3 Å². The summed E-state index contributed by atoms with van der Waals surface area (Å²) in [5.74, 6) is -5.97. The lowest BCUT2D eigenvalue weighted by Crippen LogP contribution is -2.43. The van der Waals surface area contributed by atoms with Crippen LogP contribution in [-0.4, -0.2) is 53.1 Å². The van der Waals surface area contributed by atoms with Gasteiger partial charge in [-0.2, -0.15) is 13.2 Å². The largest absolute Gasteiger partial charge is 0.480 e. The summed E-state index contributed by atoms with van der Waals surface area (Å²) in [4.78, 5) is 40.4. The second-order valence-corrected chi connectivity index (χ2v) is 11.8. The maximum Gasteiger partial charge on any atom is 0.417 e. The highest BCUT2D eigenvalue weighted by atomic mass is 19.4. The zero-order chi connectivity index (χ0) is 33.5. The number of hydrogen-bond acceptors (Lipinski definition) is 4. The maximum atomic E-state index is 14.9. The van der Waals surface area contributed by atoms with Crippen LogP contribution < -0.4 is 10.9 Å². The smallest absolute Gasteiger partial charge is 0.417 e. The predicted octanol–water partition coefficient (Wildman–Crippen LogP) is 5.44. The zero-order valence-corrected chi connectivity index (χ0v) is 25.3. The van der Waals surface area contributed by atoms with Crippen molar-refractivity contribution >= 4 is 22.8 Å². The summed E-state index contributed by atoms with van der Waals surface area (Å²) in [7, 11) is 5.18. The molecule has 0 saturated carbocycles. The molecule has 4 aromatic rings. The molecule has 1 amide bonds. The second kappa shape index (κ2) is 12.7. The third-order valence-corrected chi connectivity index (χ3v) is 8.56. The van der Waals surface area contributed by atoms with Gasteiger partial charge in [-0.1, -0.05) is 30.3 Å². The minimum absolute atomic E-state index is 0.0699. The van der Waals surface area contributed by atoms with Gasteiger partial charge in [-0.3, -0.25) is 9.59 Å². The van der Waals surface area contributed by atoms with Crippen molar-refractivity contribution in [3.05, 3.63) is 116 Å². The Morgan fingerprint density at radius 2 is 1.74 bits per heavy atom. The molecule has 1 unspecified atom stereocenters. The summed E-state index contributed by atoms with van der Waals surface area (Å²) >= 11 is 0. The Balaban J connectivity index is 1.56. The number of carboxylic acids is 1. The van der Waals surface area contributed by atoms with Gasteiger partial charge in [0.25, 0.3) is 11.5 Å². The molecule has 1 heterocycles. The Labute approximate surface area is 261 Å². The molecule has 1 aliphatic rings. The Morgan fingerprint density at radius 3 is 2.37 bits per heavy atom. The van der Waals surface area contributed by atoms with E-state index in [0.717, 1.165) is 18.2 Å². The molecule has 12 heteroatoms. The van der Waals surface area contributed by atoms with Crippen molar-refractivity contribution in [2.45, 2.75) is 43.8 Å². The molecule has 1 aliphatic carbocycles. The van der Waals surface area contributed by atoms with Crippen LogP contribution in [0.3, 0.4) is 0 Å². The summed E-state index contributed by atoms with van der Waals surface area (Å²) in [5, 5.41) is 11.9. The van der Waals surface area contributed by atoms with Crippen molar-refractivity contribution in [3.63, 3.8) is 0 Å². The number of aryl methyl sites for hydroxylation is 1. The van der Waals surface area contributed by atoms with Gasteiger partial charge in [0.2, 0.25) is 0 Å². The highest BCUT2D eigenvalue weighted by Gasteiger charge is 2.42. The number of likely N-dealkylation sites (N-methyl/N-ethyl adjacent to an activating group) is 1. The molecule has 0 spiro atoms. The van der Waals surface area contributed by atoms with Gasteiger partial charge in [-0.05, 0) is 79.9 Å². The minimum atomic E-state index is -4.85. The van der Waals surface area contributed by atoms with Crippen LogP contribution in [0.4, 0.5) is 22.0 Å². The van der Waals surface area contributed by atoms with E-state index in [9.17, 15) is 41.4 Å². The fraction of sp³-hybridized carbons (Fsp3) is 0.324. The fourth-order valence-electron chi connectivity index (χ4n) is 6.34. The topological polar surface area (TPSA) is 91.6 Å². The van der Waals surface area contributed by atoms with Crippen molar-refractivity contribution < 1.29 is 36.6 Å². The van der Waals surface area contributed by atoms with Crippen LogP contribution in [0.5, 0.6) is 0 Å². The number of carboxylic acid groups (broad SMARTS) is 1. The van der Waals surface area contributed by atoms with E-state index in [1.807, 2.05) is 19.0 Å². The van der Waals surface area contributed by atoms with Crippen LogP contribution in [0.1, 0.15) is 56.1 Å². The van der Waals surface area contributed by atoms with Crippen LogP contribution in [0.2, 0.25) is 0 Å². The lowest BCUT2D eigenvalue weighted by Gasteiger charge is -2.23. The van der Waals surface area contributed by atoms with E-state index in [1.165, 1.54) is 23.7 Å². The van der Waals surface area contributed by atoms with Crippen LogP contribution in [0.25, 0.3) is 10.9 Å². The molecule has 2 atom stereocenters. The molecule has 0 bridgehead atoms. The number of aliphatic carboxylic acids is 1. The van der Waals surface area contributed by atoms with Crippen LogP contribution >= 0.6 is 0 Å². The van der Waals surface area contributed by atoms with Gasteiger partial charge in [-0.25, -0.2) is 13.6 Å². The molecule has 0 aliphatic heterocycles. The van der Waals surface area contributed by atoms with Gasteiger partial charge in [0.1, 0.15) is 23.2 Å². The number of hydrogen-bond donors (Lipinski definition) is 2. The summed E-state index contributed by atoms with van der Waals surface area (Å²) < 4.78 is 74.3. The second-order valence-electron chi connectivity index (χ2n) is 11.8. The monoisotopic (exact) mass is 641 g/mol. The summed E-state index contributed by atoms with van der Waals surface area (Å²) in [5.41, 5.74) is -0.742. The number of amides is 1. The molecule has 2 N–H and O–H groups in total. The third kappa shape index (κ3) is 6.26. The van der Waals surface area contributed by atoms with Gasteiger partial charge in [0, 0.05) is 36.9 Å². The molecule has 1 aromatic heterocycles. The van der Waals surface area contributed by atoms with E-state index >= 15 is 0 Å². The highest BCUT2D eigenvalue weighted by molar-refractivity contribution is 5.97. The van der Waals surface area contributed by atoms with Gasteiger partial charge in [0.15, 0.2) is 0 Å². The standard InChI is InChI=1S/C34H32F5N3O4/c1-41(2)15-14-18-10-13-27-23(16-18)30(34(37,38)39)28(32(44)42(27)3)22-12-11-20-19(6-4-7-21(20)22)17-26(33(45)46)40-31(43)29-24(35)8-5-9-25(29)36/h4-10,13,16,22,26H,11-12,14-15,17H2,1-3H3,(H,40,43)(H,45,46)/t22?,26-/m0/s1. The van der Waals surface area contributed by atoms with Crippen molar-refractivity contribution in [1.29, 1.82) is 0 Å². The van der Waals surface area contributed by atoms with Crippen LogP contribution in [-0.2, 0) is 37.3 Å². The molecule has 0 radical (unpaired) electrons. The van der Waals surface area contributed by atoms with Gasteiger partial charge < -0.3 is 19.9 Å². The Morgan fingerprint density at radius 1 is 1.07 bits per heavy atom. The number of carbonyl (C=O) groups excluding carboxylic acids is 1. The van der Waals surface area contributed by atoms with Crippen molar-refractivity contribution in [1.82, 2.24) is 14.8 Å². The number of pyridine rings is 1. The molecule has 0 saturated heterocycles. The quantitative estimate of drug-likeness (QED) is 0.238. The van der Waals surface area contributed by atoms with E-state index in [0.29, 0.717) is 35.2 Å². The van der Waals surface area contributed by atoms with Gasteiger partial charge in [0.05, 0.1) is 11.1 Å². The summed E-state index contributed by atoms with van der Waals surface area (Å²) in [6.45, 7) is 0.622. The van der Waals surface area contributed by atoms with Crippen molar-refractivity contribution in [3.8, 4) is 0 Å². The molecule has 7 nitrogen and oxygen atoms in total. The first-order valence-corrected chi connectivity index (χ1v) is 14.6. The van der Waals surface area contributed by atoms with Gasteiger partial charge >= 0.3 is 12.1 Å². The van der Waals surface area contributed by atoms with E-state index in [-0.39, 0.29) is 35.7 Å². The average molecular weight is 642 g/mol. The number of alkyl halides is 3. The van der Waals surface area contributed by atoms with Crippen LogP contribution in [0, 0.1) is 11.6 Å². The molecule has 3 aromatic carbocycles. The maximum absolute atomic E-state index is 14.9. The number of nitrogens with zero attached hydrogens (tertiary/aromatic N) is 2. The molecule has 242 valence electrons. The number of rotatable bonds is 9. The van der Waals surface area contributed by atoms with Crippen LogP contribution in [0.15, 0.2) is 59.4 Å².